The van der Waals surface area contributed by atoms with E-state index in [1.807, 2.05) is 6.07 Å². The molecule has 0 bridgehead atoms. The fraction of sp³-hybridized carbons (Fsp3) is 0.160. The summed E-state index contributed by atoms with van der Waals surface area (Å²) in [4.78, 5) is 27.1. The molecule has 1 N–H and O–H groups in total. The van der Waals surface area contributed by atoms with E-state index in [1.54, 1.807) is 71.6 Å². The lowest BCUT2D eigenvalue weighted by atomic mass is 10.1. The number of ether oxygens (including phenoxy) is 1. The number of carbonyl (C=O) groups is 2. The molecule has 0 radical (unpaired) electrons. The number of anilines is 1. The number of hydrogen-bond acceptors (Lipinski definition) is 6. The number of amides is 1. The fourth-order valence-electron chi connectivity index (χ4n) is 4.14. The maximum atomic E-state index is 13.0. The van der Waals surface area contributed by atoms with E-state index >= 15 is 0 Å². The van der Waals surface area contributed by atoms with Crippen molar-refractivity contribution in [2.45, 2.75) is 23.8 Å². The van der Waals surface area contributed by atoms with Crippen molar-refractivity contribution in [3.63, 3.8) is 0 Å². The zero-order chi connectivity index (χ0) is 23.7. The van der Waals surface area contributed by atoms with Crippen LogP contribution in [0.15, 0.2) is 88.2 Å². The summed E-state index contributed by atoms with van der Waals surface area (Å²) < 4.78 is 34.4. The van der Waals surface area contributed by atoms with Gasteiger partial charge in [0, 0.05) is 23.4 Å². The molecule has 34 heavy (non-hydrogen) atoms. The van der Waals surface area contributed by atoms with E-state index in [1.165, 1.54) is 6.07 Å². The molecule has 1 fully saturated rings. The molecule has 1 atom stereocenters. The van der Waals surface area contributed by atoms with E-state index in [4.69, 9.17) is 4.74 Å². The van der Waals surface area contributed by atoms with Gasteiger partial charge in [0.25, 0.3) is 15.9 Å². The van der Waals surface area contributed by atoms with Crippen molar-refractivity contribution in [1.29, 1.82) is 0 Å². The summed E-state index contributed by atoms with van der Waals surface area (Å²) in [6, 6.07) is 21.3. The van der Waals surface area contributed by atoms with Gasteiger partial charge in [0.15, 0.2) is 5.84 Å². The Morgan fingerprint density at radius 2 is 1.65 bits per heavy atom. The summed E-state index contributed by atoms with van der Waals surface area (Å²) in [6.07, 6.45) is 1.25. The molecule has 2 heterocycles. The van der Waals surface area contributed by atoms with Crippen molar-refractivity contribution in [3.05, 3.63) is 90.0 Å². The largest absolute Gasteiger partial charge is 0.425 e. The summed E-state index contributed by atoms with van der Waals surface area (Å²) in [7, 11) is -3.78. The van der Waals surface area contributed by atoms with Crippen LogP contribution in [0.25, 0.3) is 0 Å². The van der Waals surface area contributed by atoms with Crippen molar-refractivity contribution in [2.75, 3.05) is 11.9 Å². The maximum absolute atomic E-state index is 13.0. The Bertz CT molecular complexity index is 1390. The lowest BCUT2D eigenvalue weighted by Gasteiger charge is -2.24. The van der Waals surface area contributed by atoms with Gasteiger partial charge in [0.05, 0.1) is 0 Å². The lowest BCUT2D eigenvalue weighted by molar-refractivity contribution is -0.138. The van der Waals surface area contributed by atoms with Gasteiger partial charge in [-0.15, -0.1) is 4.40 Å². The van der Waals surface area contributed by atoms with Gasteiger partial charge in [0.2, 0.25) is 0 Å². The Balaban J connectivity index is 1.28. The van der Waals surface area contributed by atoms with Crippen molar-refractivity contribution >= 4 is 33.4 Å². The van der Waals surface area contributed by atoms with Gasteiger partial charge in [-0.3, -0.25) is 4.79 Å². The SMILES string of the molecule is O=C(Nc1ccc(OC(=O)[C@@H]2CCCN2C2=NS(=O)(=O)c3ccccc32)cc1)c1ccccc1. The molecule has 5 rings (SSSR count). The average molecular weight is 476 g/mol. The highest BCUT2D eigenvalue weighted by molar-refractivity contribution is 7.90. The molecule has 1 saturated heterocycles. The molecule has 0 aliphatic carbocycles. The smallest absolute Gasteiger partial charge is 0.334 e. The summed E-state index contributed by atoms with van der Waals surface area (Å²) >= 11 is 0. The van der Waals surface area contributed by atoms with Crippen LogP contribution in [0.5, 0.6) is 5.75 Å². The van der Waals surface area contributed by atoms with Crippen molar-refractivity contribution in [1.82, 2.24) is 4.90 Å². The topological polar surface area (TPSA) is 105 Å². The van der Waals surface area contributed by atoms with Gasteiger partial charge in [-0.2, -0.15) is 8.42 Å². The van der Waals surface area contributed by atoms with E-state index in [2.05, 4.69) is 9.71 Å². The van der Waals surface area contributed by atoms with Crippen LogP contribution in [0.3, 0.4) is 0 Å². The van der Waals surface area contributed by atoms with E-state index in [-0.39, 0.29) is 16.6 Å². The molecule has 0 spiro atoms. The standard InChI is InChI=1S/C25H21N3O5S/c29-24(17-7-2-1-3-8-17)26-18-12-14-19(15-13-18)33-25(30)21-10-6-16-28(21)23-20-9-4-5-11-22(20)34(31,32)27-23/h1-5,7-9,11-15,21H,6,10,16H2,(H,26,29)/t21-/m0/s1. The van der Waals surface area contributed by atoms with Gasteiger partial charge in [0.1, 0.15) is 16.7 Å². The van der Waals surface area contributed by atoms with Crippen LogP contribution in [0.4, 0.5) is 5.69 Å². The highest BCUT2D eigenvalue weighted by Gasteiger charge is 2.40. The number of amidine groups is 1. The Labute approximate surface area is 196 Å². The third-order valence-electron chi connectivity index (χ3n) is 5.78. The first-order chi connectivity index (χ1) is 16.4. The highest BCUT2D eigenvalue weighted by atomic mass is 32.2. The first-order valence-electron chi connectivity index (χ1n) is 10.8. The zero-order valence-electron chi connectivity index (χ0n) is 18.0. The molecule has 0 unspecified atom stereocenters. The third kappa shape index (κ3) is 4.17. The number of nitrogens with one attached hydrogen (secondary N) is 1. The number of fused-ring (bicyclic) bond motifs is 1. The number of hydrogen-bond donors (Lipinski definition) is 1. The van der Waals surface area contributed by atoms with Gasteiger partial charge in [-0.05, 0) is 61.4 Å². The molecule has 3 aromatic carbocycles. The Morgan fingerprint density at radius 1 is 0.941 bits per heavy atom. The number of esters is 1. The second-order valence-corrected chi connectivity index (χ2v) is 9.58. The average Bonchev–Trinajstić information content (AvgIpc) is 3.44. The molecule has 1 amide bonds. The van der Waals surface area contributed by atoms with Crippen LogP contribution in [0.1, 0.15) is 28.8 Å². The number of nitrogens with zero attached hydrogens (tertiary/aromatic N) is 2. The van der Waals surface area contributed by atoms with Crippen molar-refractivity contribution in [3.8, 4) is 5.75 Å². The number of rotatable bonds is 4. The summed E-state index contributed by atoms with van der Waals surface area (Å²) in [6.45, 7) is 0.507. The van der Waals surface area contributed by atoms with E-state index in [0.29, 0.717) is 42.0 Å². The van der Waals surface area contributed by atoms with Gasteiger partial charge >= 0.3 is 5.97 Å². The minimum Gasteiger partial charge on any atom is -0.425 e. The minimum absolute atomic E-state index is 0.150. The molecular formula is C25H21N3O5S. The second kappa shape index (κ2) is 8.75. The highest BCUT2D eigenvalue weighted by Crippen LogP contribution is 2.31. The van der Waals surface area contributed by atoms with Crippen LogP contribution < -0.4 is 10.1 Å². The fourth-order valence-corrected chi connectivity index (χ4v) is 5.36. The zero-order valence-corrected chi connectivity index (χ0v) is 18.9. The van der Waals surface area contributed by atoms with Crippen LogP contribution in [-0.4, -0.2) is 43.6 Å². The van der Waals surface area contributed by atoms with Crippen LogP contribution in [-0.2, 0) is 14.8 Å². The monoisotopic (exact) mass is 475 g/mol. The third-order valence-corrected chi connectivity index (χ3v) is 7.10. The molecule has 0 saturated carbocycles. The van der Waals surface area contributed by atoms with Crippen LogP contribution >= 0.6 is 0 Å². The molecule has 2 aliphatic rings. The normalized spacial score (nSPS) is 18.2. The number of benzene rings is 3. The Morgan fingerprint density at radius 3 is 2.41 bits per heavy atom. The minimum atomic E-state index is -3.78. The molecule has 172 valence electrons. The van der Waals surface area contributed by atoms with E-state index < -0.39 is 22.0 Å². The van der Waals surface area contributed by atoms with Gasteiger partial charge < -0.3 is 15.0 Å². The van der Waals surface area contributed by atoms with Crippen LogP contribution in [0, 0.1) is 0 Å². The molecule has 0 aromatic heterocycles. The number of carbonyl (C=O) groups excluding carboxylic acids is 2. The van der Waals surface area contributed by atoms with Gasteiger partial charge in [-0.1, -0.05) is 30.3 Å². The lowest BCUT2D eigenvalue weighted by Crippen LogP contribution is -2.42. The summed E-state index contributed by atoms with van der Waals surface area (Å²) in [5.41, 5.74) is 1.61. The molecular weight excluding hydrogens is 454 g/mol. The van der Waals surface area contributed by atoms with E-state index in [9.17, 15) is 18.0 Å². The molecule has 9 heteroatoms. The first kappa shape index (κ1) is 21.8. The van der Waals surface area contributed by atoms with Crippen LogP contribution in [0.2, 0.25) is 0 Å². The predicted molar refractivity (Wildman–Crippen MR) is 126 cm³/mol. The van der Waals surface area contributed by atoms with Crippen molar-refractivity contribution < 1.29 is 22.7 Å². The Hall–Kier alpha value is -3.98. The van der Waals surface area contributed by atoms with Crippen molar-refractivity contribution in [2.24, 2.45) is 4.40 Å². The predicted octanol–water partition coefficient (Wildman–Crippen LogP) is 3.46. The maximum Gasteiger partial charge on any atom is 0.334 e. The van der Waals surface area contributed by atoms with Gasteiger partial charge in [-0.25, -0.2) is 4.79 Å². The summed E-state index contributed by atoms with van der Waals surface area (Å²) in [5.74, 6) is -0.104. The van der Waals surface area contributed by atoms with E-state index in [0.717, 1.165) is 0 Å². The quantitative estimate of drug-likeness (QED) is 0.458. The summed E-state index contributed by atoms with van der Waals surface area (Å²) in [5, 5.41) is 2.79. The molecule has 3 aromatic rings. The first-order valence-corrected chi connectivity index (χ1v) is 12.3. The molecule has 8 nitrogen and oxygen atoms in total. The molecule has 2 aliphatic heterocycles. The number of likely N-dealkylation sites (tertiary alicyclic amines) is 1. The number of sulfonamides is 1. The second-order valence-electron chi connectivity index (χ2n) is 8.00. The Kier molecular flexibility index (Phi) is 5.62.